The van der Waals surface area contributed by atoms with Crippen molar-refractivity contribution in [2.75, 3.05) is 0 Å². The van der Waals surface area contributed by atoms with Gasteiger partial charge in [0.1, 0.15) is 17.7 Å². The number of benzene rings is 1. The molecule has 0 radical (unpaired) electrons. The number of amides is 4. The van der Waals surface area contributed by atoms with Crippen LogP contribution in [0.15, 0.2) is 24.3 Å². The lowest BCUT2D eigenvalue weighted by molar-refractivity contribution is -0.145. The SMILES string of the molecule is C#Cc1ccc(C(C(=O)NC(C)C)N(C(=O)C(CCC(N)=O)NC(=O)OC(C)(C)C)C(C)C)cc1. The predicted molar refractivity (Wildman–Crippen MR) is 134 cm³/mol. The molecule has 0 spiro atoms. The normalized spacial score (nSPS) is 12.9. The molecule has 1 aromatic rings. The molecule has 0 saturated carbocycles. The van der Waals surface area contributed by atoms with Crippen molar-refractivity contribution in [3.63, 3.8) is 0 Å². The summed E-state index contributed by atoms with van der Waals surface area (Å²) in [7, 11) is 0. The monoisotopic (exact) mass is 486 g/mol. The number of rotatable bonds is 10. The zero-order valence-corrected chi connectivity index (χ0v) is 21.7. The number of carbonyl (C=O) groups is 4. The van der Waals surface area contributed by atoms with Gasteiger partial charge in [0, 0.05) is 24.1 Å². The molecule has 35 heavy (non-hydrogen) atoms. The van der Waals surface area contributed by atoms with Gasteiger partial charge in [0.05, 0.1) is 0 Å². The number of hydrogen-bond acceptors (Lipinski definition) is 5. The fourth-order valence-electron chi connectivity index (χ4n) is 3.42. The summed E-state index contributed by atoms with van der Waals surface area (Å²) in [5.41, 5.74) is 5.69. The summed E-state index contributed by atoms with van der Waals surface area (Å²) in [5.74, 6) is 0.975. The Labute approximate surface area is 208 Å². The average Bonchev–Trinajstić information content (AvgIpc) is 2.72. The van der Waals surface area contributed by atoms with E-state index in [1.165, 1.54) is 4.90 Å². The lowest BCUT2D eigenvalue weighted by atomic mass is 9.98. The number of ether oxygens (including phenoxy) is 1. The minimum Gasteiger partial charge on any atom is -0.444 e. The maximum Gasteiger partial charge on any atom is 0.408 e. The van der Waals surface area contributed by atoms with Crippen LogP contribution >= 0.6 is 0 Å². The fraction of sp³-hybridized carbons (Fsp3) is 0.538. The van der Waals surface area contributed by atoms with Crippen molar-refractivity contribution in [3.8, 4) is 12.3 Å². The van der Waals surface area contributed by atoms with Crippen LogP contribution < -0.4 is 16.4 Å². The largest absolute Gasteiger partial charge is 0.444 e. The first kappa shape index (κ1) is 29.5. The van der Waals surface area contributed by atoms with Crippen LogP contribution in [0.25, 0.3) is 0 Å². The molecular formula is C26H38N4O5. The Morgan fingerprint density at radius 3 is 2.06 bits per heavy atom. The van der Waals surface area contributed by atoms with Crippen molar-refractivity contribution in [2.24, 2.45) is 5.73 Å². The van der Waals surface area contributed by atoms with Gasteiger partial charge in [-0.15, -0.1) is 6.42 Å². The molecule has 0 bridgehead atoms. The topological polar surface area (TPSA) is 131 Å². The van der Waals surface area contributed by atoms with Crippen molar-refractivity contribution >= 4 is 23.8 Å². The van der Waals surface area contributed by atoms with Gasteiger partial charge in [0.2, 0.25) is 17.7 Å². The molecular weight excluding hydrogens is 448 g/mol. The van der Waals surface area contributed by atoms with Gasteiger partial charge in [-0.05, 0) is 72.6 Å². The van der Waals surface area contributed by atoms with Gasteiger partial charge in [0.15, 0.2) is 0 Å². The molecule has 2 atom stereocenters. The van der Waals surface area contributed by atoms with E-state index in [-0.39, 0.29) is 24.8 Å². The summed E-state index contributed by atoms with van der Waals surface area (Å²) in [6.07, 6.45) is 4.46. The highest BCUT2D eigenvalue weighted by Gasteiger charge is 2.38. The molecule has 4 amide bonds. The molecule has 0 fully saturated rings. The molecule has 0 aromatic heterocycles. The molecule has 192 valence electrons. The Bertz CT molecular complexity index is 942. The van der Waals surface area contributed by atoms with Crippen molar-refractivity contribution in [1.29, 1.82) is 0 Å². The highest BCUT2D eigenvalue weighted by molar-refractivity contribution is 5.92. The summed E-state index contributed by atoms with van der Waals surface area (Å²) in [6.45, 7) is 12.2. The fourth-order valence-corrected chi connectivity index (χ4v) is 3.42. The number of carbonyl (C=O) groups excluding carboxylic acids is 4. The molecule has 4 N–H and O–H groups in total. The number of alkyl carbamates (subject to hydrolysis) is 1. The summed E-state index contributed by atoms with van der Waals surface area (Å²) < 4.78 is 5.30. The predicted octanol–water partition coefficient (Wildman–Crippen LogP) is 2.63. The second-order valence-electron chi connectivity index (χ2n) is 9.88. The van der Waals surface area contributed by atoms with Crippen LogP contribution in [0.2, 0.25) is 0 Å². The lowest BCUT2D eigenvalue weighted by Gasteiger charge is -2.37. The molecule has 0 aliphatic rings. The molecule has 0 saturated heterocycles. The molecule has 2 unspecified atom stereocenters. The van der Waals surface area contributed by atoms with Crippen LogP contribution in [-0.4, -0.2) is 52.4 Å². The van der Waals surface area contributed by atoms with E-state index >= 15 is 0 Å². The Balaban J connectivity index is 3.47. The molecule has 0 heterocycles. The molecule has 0 aliphatic heterocycles. The Morgan fingerprint density at radius 2 is 1.63 bits per heavy atom. The molecule has 1 aromatic carbocycles. The highest BCUT2D eigenvalue weighted by atomic mass is 16.6. The van der Waals surface area contributed by atoms with E-state index in [1.54, 1.807) is 58.9 Å². The van der Waals surface area contributed by atoms with E-state index < -0.39 is 41.6 Å². The second kappa shape index (κ2) is 12.8. The van der Waals surface area contributed by atoms with Gasteiger partial charge in [-0.1, -0.05) is 18.1 Å². The Morgan fingerprint density at radius 1 is 1.06 bits per heavy atom. The van der Waals surface area contributed by atoms with Crippen LogP contribution in [0.5, 0.6) is 0 Å². The summed E-state index contributed by atoms with van der Waals surface area (Å²) >= 11 is 0. The smallest absolute Gasteiger partial charge is 0.408 e. The van der Waals surface area contributed by atoms with Gasteiger partial charge < -0.3 is 26.0 Å². The van der Waals surface area contributed by atoms with Crippen LogP contribution in [0.4, 0.5) is 4.79 Å². The number of nitrogens with one attached hydrogen (secondary N) is 2. The standard InChI is InChI=1S/C26H38N4O5/c1-9-18-10-12-19(13-11-18)22(23(32)28-16(2)3)30(17(4)5)24(33)20(14-15-21(27)31)29-25(34)35-26(6,7)8/h1,10-13,16-17,20,22H,14-15H2,2-8H3,(H2,27,31)(H,28,32)(H,29,34). The van der Waals surface area contributed by atoms with E-state index in [0.29, 0.717) is 11.1 Å². The lowest BCUT2D eigenvalue weighted by Crippen LogP contribution is -2.55. The second-order valence-corrected chi connectivity index (χ2v) is 9.88. The third-order valence-electron chi connectivity index (χ3n) is 4.83. The van der Waals surface area contributed by atoms with Gasteiger partial charge in [-0.2, -0.15) is 0 Å². The van der Waals surface area contributed by atoms with Crippen LogP contribution in [0.3, 0.4) is 0 Å². The van der Waals surface area contributed by atoms with E-state index in [4.69, 9.17) is 16.9 Å². The average molecular weight is 487 g/mol. The first-order valence-electron chi connectivity index (χ1n) is 11.6. The molecule has 1 rings (SSSR count). The van der Waals surface area contributed by atoms with E-state index in [2.05, 4.69) is 16.6 Å². The van der Waals surface area contributed by atoms with Crippen molar-refractivity contribution in [2.45, 2.75) is 91.1 Å². The highest BCUT2D eigenvalue weighted by Crippen LogP contribution is 2.26. The summed E-state index contributed by atoms with van der Waals surface area (Å²) in [6, 6.07) is 4.02. The number of nitrogens with zero attached hydrogens (tertiary/aromatic N) is 1. The van der Waals surface area contributed by atoms with Crippen molar-refractivity contribution < 1.29 is 23.9 Å². The third kappa shape index (κ3) is 9.69. The van der Waals surface area contributed by atoms with Gasteiger partial charge in [-0.3, -0.25) is 14.4 Å². The summed E-state index contributed by atoms with van der Waals surface area (Å²) in [4.78, 5) is 52.5. The summed E-state index contributed by atoms with van der Waals surface area (Å²) in [5, 5.41) is 5.41. The zero-order valence-electron chi connectivity index (χ0n) is 21.7. The van der Waals surface area contributed by atoms with Crippen molar-refractivity contribution in [1.82, 2.24) is 15.5 Å². The number of nitrogens with two attached hydrogens (primary N) is 1. The number of hydrogen-bond donors (Lipinski definition) is 3. The zero-order chi connectivity index (χ0) is 26.9. The quantitative estimate of drug-likeness (QED) is 0.438. The van der Waals surface area contributed by atoms with Gasteiger partial charge >= 0.3 is 6.09 Å². The molecule has 9 heteroatoms. The van der Waals surface area contributed by atoms with Crippen LogP contribution in [0, 0.1) is 12.3 Å². The minimum absolute atomic E-state index is 0.0504. The third-order valence-corrected chi connectivity index (χ3v) is 4.83. The van der Waals surface area contributed by atoms with Gasteiger partial charge in [0.25, 0.3) is 0 Å². The maximum absolute atomic E-state index is 13.8. The minimum atomic E-state index is -1.14. The Hall–Kier alpha value is -3.54. The van der Waals surface area contributed by atoms with Gasteiger partial charge in [-0.25, -0.2) is 4.79 Å². The Kier molecular flexibility index (Phi) is 10.8. The molecule has 9 nitrogen and oxygen atoms in total. The number of primary amides is 1. The van der Waals surface area contributed by atoms with Crippen LogP contribution in [-0.2, 0) is 19.1 Å². The van der Waals surface area contributed by atoms with E-state index in [1.807, 2.05) is 13.8 Å². The maximum atomic E-state index is 13.8. The van der Waals surface area contributed by atoms with E-state index in [9.17, 15) is 19.2 Å². The number of terminal acetylenes is 1. The van der Waals surface area contributed by atoms with Crippen molar-refractivity contribution in [3.05, 3.63) is 35.4 Å². The first-order chi connectivity index (χ1) is 16.2. The van der Waals surface area contributed by atoms with Crippen LogP contribution in [0.1, 0.15) is 78.5 Å². The van der Waals surface area contributed by atoms with E-state index in [0.717, 1.165) is 0 Å². The molecule has 0 aliphatic carbocycles. The first-order valence-corrected chi connectivity index (χ1v) is 11.6.